The van der Waals surface area contributed by atoms with E-state index in [0.717, 1.165) is 32.2 Å². The quantitative estimate of drug-likeness (QED) is 0.818. The lowest BCUT2D eigenvalue weighted by Gasteiger charge is -2.30. The van der Waals surface area contributed by atoms with Crippen molar-refractivity contribution in [1.82, 2.24) is 13.9 Å². The molecule has 0 amide bonds. The first-order chi connectivity index (χ1) is 10.7. The molecule has 0 radical (unpaired) electrons. The molecule has 0 spiro atoms. The van der Waals surface area contributed by atoms with E-state index in [1.54, 1.807) is 12.3 Å². The summed E-state index contributed by atoms with van der Waals surface area (Å²) in [4.78, 5) is 4.03. The van der Waals surface area contributed by atoms with Crippen LogP contribution >= 0.6 is 0 Å². The van der Waals surface area contributed by atoms with Crippen molar-refractivity contribution in [2.45, 2.75) is 37.3 Å². The summed E-state index contributed by atoms with van der Waals surface area (Å²) in [6, 6.07) is 3.11. The highest BCUT2D eigenvalue weighted by molar-refractivity contribution is 7.89. The number of sulfonamides is 1. The Morgan fingerprint density at radius 2 is 2.14 bits per heavy atom. The molecular weight excluding hydrogens is 302 g/mol. The maximum Gasteiger partial charge on any atom is 0.276 e. The molecule has 3 rings (SSSR count). The maximum atomic E-state index is 12.3. The molecule has 0 aliphatic carbocycles. The van der Waals surface area contributed by atoms with Crippen LogP contribution in [0.5, 0.6) is 0 Å². The third kappa shape index (κ3) is 3.41. The van der Waals surface area contributed by atoms with Crippen LogP contribution in [-0.2, 0) is 16.6 Å². The zero-order chi connectivity index (χ0) is 15.4. The summed E-state index contributed by atoms with van der Waals surface area (Å²) in [6.07, 6.45) is 11.1. The second-order valence-electron chi connectivity index (χ2n) is 5.72. The average molecular weight is 323 g/mol. The molecular formula is C15H21N3O3S. The molecule has 1 saturated heterocycles. The zero-order valence-corrected chi connectivity index (χ0v) is 13.3. The molecule has 120 valence electrons. The standard InChI is InChI=1S/C15H21N3O3S/c19-22(20,15-4-2-12-21-15)18-9-5-14(6-10-18)3-1-8-17-11-7-16-13-17/h2,4,7,11-14H,1,3,5-6,8-10H2. The van der Waals surface area contributed by atoms with Crippen molar-refractivity contribution in [1.29, 1.82) is 0 Å². The minimum Gasteiger partial charge on any atom is -0.452 e. The van der Waals surface area contributed by atoms with Crippen LogP contribution < -0.4 is 0 Å². The van der Waals surface area contributed by atoms with Gasteiger partial charge in [0.2, 0.25) is 5.09 Å². The molecule has 0 aromatic carbocycles. The van der Waals surface area contributed by atoms with Crippen molar-refractivity contribution in [3.8, 4) is 0 Å². The van der Waals surface area contributed by atoms with Gasteiger partial charge in [0.25, 0.3) is 10.0 Å². The van der Waals surface area contributed by atoms with Gasteiger partial charge in [-0.05, 0) is 43.7 Å². The van der Waals surface area contributed by atoms with Gasteiger partial charge in [0.1, 0.15) is 0 Å². The zero-order valence-electron chi connectivity index (χ0n) is 12.5. The van der Waals surface area contributed by atoms with E-state index in [0.29, 0.717) is 19.0 Å². The van der Waals surface area contributed by atoms with E-state index in [2.05, 4.69) is 9.55 Å². The highest BCUT2D eigenvalue weighted by Gasteiger charge is 2.30. The van der Waals surface area contributed by atoms with Crippen LogP contribution in [0.1, 0.15) is 25.7 Å². The van der Waals surface area contributed by atoms with E-state index in [1.807, 2.05) is 12.5 Å². The largest absolute Gasteiger partial charge is 0.452 e. The minimum atomic E-state index is -3.44. The Bertz CT molecular complexity index is 657. The third-order valence-corrected chi connectivity index (χ3v) is 6.04. The van der Waals surface area contributed by atoms with Gasteiger partial charge >= 0.3 is 0 Å². The third-order valence-electron chi connectivity index (χ3n) is 4.25. The second-order valence-corrected chi connectivity index (χ2v) is 7.59. The fourth-order valence-electron chi connectivity index (χ4n) is 2.96. The molecule has 0 atom stereocenters. The molecule has 1 fully saturated rings. The number of rotatable bonds is 6. The van der Waals surface area contributed by atoms with E-state index in [-0.39, 0.29) is 5.09 Å². The smallest absolute Gasteiger partial charge is 0.276 e. The Hall–Kier alpha value is -1.60. The topological polar surface area (TPSA) is 68.3 Å². The average Bonchev–Trinajstić information content (AvgIpc) is 3.21. The van der Waals surface area contributed by atoms with E-state index in [9.17, 15) is 8.42 Å². The molecule has 0 bridgehead atoms. The summed E-state index contributed by atoms with van der Waals surface area (Å²) in [5.74, 6) is 0.603. The van der Waals surface area contributed by atoms with Crippen molar-refractivity contribution in [2.24, 2.45) is 5.92 Å². The molecule has 0 unspecified atom stereocenters. The lowest BCUT2D eigenvalue weighted by Crippen LogP contribution is -2.38. The number of aromatic nitrogens is 2. The fraction of sp³-hybridized carbons (Fsp3) is 0.533. The Morgan fingerprint density at radius 3 is 2.77 bits per heavy atom. The van der Waals surface area contributed by atoms with Crippen molar-refractivity contribution in [3.05, 3.63) is 37.1 Å². The van der Waals surface area contributed by atoms with E-state index >= 15 is 0 Å². The van der Waals surface area contributed by atoms with Gasteiger partial charge in [-0.3, -0.25) is 0 Å². The molecule has 2 aromatic rings. The summed E-state index contributed by atoms with van der Waals surface area (Å²) in [6.45, 7) is 2.14. The number of nitrogens with zero attached hydrogens (tertiary/aromatic N) is 3. The summed E-state index contributed by atoms with van der Waals surface area (Å²) in [5.41, 5.74) is 0. The highest BCUT2D eigenvalue weighted by atomic mass is 32.2. The van der Waals surface area contributed by atoms with Crippen LogP contribution in [0.2, 0.25) is 0 Å². The molecule has 22 heavy (non-hydrogen) atoms. The van der Waals surface area contributed by atoms with Crippen LogP contribution in [0.25, 0.3) is 0 Å². The number of hydrogen-bond donors (Lipinski definition) is 0. The van der Waals surface area contributed by atoms with Crippen LogP contribution in [-0.4, -0.2) is 35.4 Å². The number of piperidine rings is 1. The van der Waals surface area contributed by atoms with Crippen LogP contribution in [0.3, 0.4) is 0 Å². The summed E-state index contributed by atoms with van der Waals surface area (Å²) in [5, 5.41) is 0.0473. The van der Waals surface area contributed by atoms with Gasteiger partial charge in [0.15, 0.2) is 0 Å². The van der Waals surface area contributed by atoms with Gasteiger partial charge < -0.3 is 8.98 Å². The number of imidazole rings is 1. The molecule has 1 aliphatic rings. The normalized spacial score (nSPS) is 17.8. The highest BCUT2D eigenvalue weighted by Crippen LogP contribution is 2.26. The minimum absolute atomic E-state index is 0.0473. The summed E-state index contributed by atoms with van der Waals surface area (Å²) < 4.78 is 33.4. The first kappa shape index (κ1) is 15.3. The summed E-state index contributed by atoms with van der Waals surface area (Å²) >= 11 is 0. The van der Waals surface area contributed by atoms with Gasteiger partial charge in [0.05, 0.1) is 12.6 Å². The van der Waals surface area contributed by atoms with E-state index in [1.165, 1.54) is 16.6 Å². The van der Waals surface area contributed by atoms with Crippen molar-refractivity contribution < 1.29 is 12.8 Å². The lowest BCUT2D eigenvalue weighted by molar-refractivity contribution is 0.253. The van der Waals surface area contributed by atoms with Gasteiger partial charge in [-0.2, -0.15) is 4.31 Å². The summed E-state index contributed by atoms with van der Waals surface area (Å²) in [7, 11) is -3.44. The number of hydrogen-bond acceptors (Lipinski definition) is 4. The first-order valence-corrected chi connectivity index (χ1v) is 9.09. The fourth-order valence-corrected chi connectivity index (χ4v) is 4.33. The van der Waals surface area contributed by atoms with E-state index < -0.39 is 10.0 Å². The lowest BCUT2D eigenvalue weighted by atomic mass is 9.93. The number of aryl methyl sites for hydroxylation is 1. The van der Waals surface area contributed by atoms with Crippen LogP contribution in [0.4, 0.5) is 0 Å². The van der Waals surface area contributed by atoms with Crippen LogP contribution in [0, 0.1) is 5.92 Å². The molecule has 0 saturated carbocycles. The SMILES string of the molecule is O=S(=O)(c1ccco1)N1CCC(CCCn2ccnc2)CC1. The Morgan fingerprint density at radius 1 is 1.32 bits per heavy atom. The van der Waals surface area contributed by atoms with Crippen LogP contribution in [0.15, 0.2) is 46.6 Å². The second kappa shape index (κ2) is 6.66. The van der Waals surface area contributed by atoms with Crippen molar-refractivity contribution in [3.63, 3.8) is 0 Å². The maximum absolute atomic E-state index is 12.3. The molecule has 7 heteroatoms. The molecule has 3 heterocycles. The van der Waals surface area contributed by atoms with Gasteiger partial charge in [-0.25, -0.2) is 13.4 Å². The van der Waals surface area contributed by atoms with Gasteiger partial charge in [-0.1, -0.05) is 0 Å². The Labute approximate surface area is 130 Å². The van der Waals surface area contributed by atoms with Gasteiger partial charge in [-0.15, -0.1) is 0 Å². The van der Waals surface area contributed by atoms with Crippen molar-refractivity contribution in [2.75, 3.05) is 13.1 Å². The first-order valence-electron chi connectivity index (χ1n) is 7.65. The Kier molecular flexibility index (Phi) is 4.63. The van der Waals surface area contributed by atoms with Gasteiger partial charge in [0, 0.05) is 32.0 Å². The number of furan rings is 1. The molecule has 1 aliphatic heterocycles. The predicted molar refractivity (Wildman–Crippen MR) is 81.7 cm³/mol. The van der Waals surface area contributed by atoms with Crippen molar-refractivity contribution >= 4 is 10.0 Å². The predicted octanol–water partition coefficient (Wildman–Crippen LogP) is 2.36. The van der Waals surface area contributed by atoms with E-state index in [4.69, 9.17) is 4.42 Å². The Balaban J connectivity index is 1.46. The molecule has 2 aromatic heterocycles. The molecule has 6 nitrogen and oxygen atoms in total. The molecule has 0 N–H and O–H groups in total. The monoisotopic (exact) mass is 323 g/mol.